The van der Waals surface area contributed by atoms with E-state index >= 15 is 0 Å². The van der Waals surface area contributed by atoms with Gasteiger partial charge in [0.25, 0.3) is 0 Å². The zero-order chi connectivity index (χ0) is 2.00. The van der Waals surface area contributed by atoms with Crippen molar-refractivity contribution in [3.05, 3.63) is 4.91 Å². The molecule has 0 rings (SSSR count). The number of hydrogen-bond acceptors (Lipinski definition) is 2. The smallest absolute Gasteiger partial charge is 0 e. The van der Waals surface area contributed by atoms with Crippen LogP contribution in [0.5, 0.6) is 0 Å². The third-order valence-electron chi connectivity index (χ3n) is 0. The predicted octanol–water partition coefficient (Wildman–Crippen LogP) is -0.372. The van der Waals surface area contributed by atoms with Crippen LogP contribution in [-0.2, 0) is 0 Å². The van der Waals surface area contributed by atoms with E-state index in [0.717, 1.165) is 0 Å². The second-order valence-electron chi connectivity index (χ2n) is 0. The molecule has 1 unspecified atom stereocenters. The van der Waals surface area contributed by atoms with Crippen molar-refractivity contribution in [2.45, 2.75) is 0 Å². The summed E-state index contributed by atoms with van der Waals surface area (Å²) in [4.78, 5) is 7.50. The molecule has 0 saturated heterocycles. The molecule has 0 aliphatic rings. The molecular formula is H4LiNOPSi. The van der Waals surface area contributed by atoms with E-state index in [9.17, 15) is 0 Å². The molecule has 0 aromatic heterocycles. The minimum atomic E-state index is 0. The van der Waals surface area contributed by atoms with Gasteiger partial charge in [-0.25, -0.2) is 0 Å². The van der Waals surface area contributed by atoms with Crippen molar-refractivity contribution in [1.29, 1.82) is 5.59 Å². The topological polar surface area (TPSA) is 40.9 Å². The van der Waals surface area contributed by atoms with E-state index in [2.05, 4.69) is 5.59 Å². The molecule has 0 saturated carbocycles. The van der Waals surface area contributed by atoms with E-state index in [1.807, 2.05) is 0 Å². The van der Waals surface area contributed by atoms with E-state index in [1.165, 1.54) is 0 Å². The maximum absolute atomic E-state index is 7.50. The molecule has 1 atom stereocenters. The quantitative estimate of drug-likeness (QED) is 0.252. The molecule has 5 heavy (non-hydrogen) atoms. The van der Waals surface area contributed by atoms with Crippen molar-refractivity contribution in [3.63, 3.8) is 0 Å². The fraction of sp³-hybridized carbons (Fsp3) is 0. The van der Waals surface area contributed by atoms with Crippen molar-refractivity contribution in [3.8, 4) is 0 Å². The van der Waals surface area contributed by atoms with Gasteiger partial charge in [0.1, 0.15) is 0 Å². The standard InChI is InChI=1S/Li.HNO.H3P.Si/c;1-2;;/h;1H;1H3;. The van der Waals surface area contributed by atoms with Gasteiger partial charge in [-0.2, -0.15) is 14.8 Å². The van der Waals surface area contributed by atoms with E-state index < -0.39 is 0 Å². The molecule has 5 heteroatoms. The van der Waals surface area contributed by atoms with Gasteiger partial charge in [-0.3, -0.25) is 0 Å². The van der Waals surface area contributed by atoms with Gasteiger partial charge in [0.15, 0.2) is 0 Å². The van der Waals surface area contributed by atoms with Gasteiger partial charge in [-0.05, 0) is 0 Å². The van der Waals surface area contributed by atoms with Crippen LogP contribution in [0.15, 0.2) is 0 Å². The minimum Gasteiger partial charge on any atom is -0.154 e. The number of hydrogen-bond donors (Lipinski definition) is 1. The first-order valence-electron chi connectivity index (χ1n) is 0.204. The zero-order valence-corrected chi connectivity index (χ0v) is 5.53. The first kappa shape index (κ1) is 40.3. The number of nitroso groups, excluding NO2 is 1. The maximum atomic E-state index is 7.50. The summed E-state index contributed by atoms with van der Waals surface area (Å²) in [6.07, 6.45) is 0. The van der Waals surface area contributed by atoms with Gasteiger partial charge in [-0.1, -0.05) is 5.59 Å². The Hall–Kier alpha value is 0.844. The van der Waals surface area contributed by atoms with E-state index in [-0.39, 0.29) is 39.7 Å². The van der Waals surface area contributed by atoms with Crippen LogP contribution in [0.25, 0.3) is 0 Å². The first-order valence-corrected chi connectivity index (χ1v) is 0.204. The van der Waals surface area contributed by atoms with Crippen LogP contribution in [0.1, 0.15) is 0 Å². The predicted molar refractivity (Wildman–Crippen MR) is 28.7 cm³/mol. The third kappa shape index (κ3) is 55.0. The average molecular weight is 100 g/mol. The van der Waals surface area contributed by atoms with Gasteiger partial charge in [0.2, 0.25) is 0 Å². The SMILES string of the molecule is N=O.P.[Li].[Si]. The Bertz CT molecular complexity index is 11.6. The summed E-state index contributed by atoms with van der Waals surface area (Å²) < 4.78 is 0. The van der Waals surface area contributed by atoms with Gasteiger partial charge in [0.05, 0.1) is 0 Å². The Balaban J connectivity index is -0.00000000167. The molecular weight excluding hydrogens is 96.0 g/mol. The van der Waals surface area contributed by atoms with Crippen LogP contribution in [0.3, 0.4) is 0 Å². The van der Waals surface area contributed by atoms with Crippen LogP contribution in [0.2, 0.25) is 0 Å². The minimum absolute atomic E-state index is 0. The molecule has 0 fully saturated rings. The van der Waals surface area contributed by atoms with Crippen molar-refractivity contribution in [2.24, 2.45) is 0 Å². The molecule has 0 aromatic carbocycles. The molecule has 0 bridgehead atoms. The van der Waals surface area contributed by atoms with Crippen LogP contribution >= 0.6 is 9.90 Å². The Morgan fingerprint density at radius 2 is 1.20 bits per heavy atom. The average Bonchev–Trinajstić information content (AvgIpc) is 1.00. The first-order chi connectivity index (χ1) is 1.00. The number of rotatable bonds is 0. The van der Waals surface area contributed by atoms with Crippen LogP contribution in [-0.4, -0.2) is 29.8 Å². The van der Waals surface area contributed by atoms with Crippen LogP contribution in [0, 0.1) is 10.5 Å². The Labute approximate surface area is 50.7 Å². The summed E-state index contributed by atoms with van der Waals surface area (Å²) in [5.41, 5.74) is 4.50. The maximum Gasteiger partial charge on any atom is 0 e. The molecule has 25 valence electrons. The molecule has 1 N–H and O–H groups in total. The Morgan fingerprint density at radius 1 is 1.20 bits per heavy atom. The summed E-state index contributed by atoms with van der Waals surface area (Å²) in [7, 11) is 0. The molecule has 0 aliphatic carbocycles. The molecule has 0 aromatic rings. The summed E-state index contributed by atoms with van der Waals surface area (Å²) in [6, 6.07) is 0. The second-order valence-corrected chi connectivity index (χ2v) is 0. The fourth-order valence-corrected chi connectivity index (χ4v) is 0. The third-order valence-corrected chi connectivity index (χ3v) is 0. The molecule has 0 aliphatic heterocycles. The molecule has 0 heterocycles. The van der Waals surface area contributed by atoms with E-state index in [1.54, 1.807) is 0 Å². The summed E-state index contributed by atoms with van der Waals surface area (Å²) in [6.45, 7) is 0. The fourth-order valence-electron chi connectivity index (χ4n) is 0. The van der Waals surface area contributed by atoms with Crippen molar-refractivity contribution < 1.29 is 0 Å². The Morgan fingerprint density at radius 3 is 1.20 bits per heavy atom. The van der Waals surface area contributed by atoms with Crippen molar-refractivity contribution >= 4 is 39.7 Å². The van der Waals surface area contributed by atoms with Crippen molar-refractivity contribution in [2.75, 3.05) is 0 Å². The molecule has 5 radical (unpaired) electrons. The number of nitrogens with one attached hydrogen (secondary N) is 1. The van der Waals surface area contributed by atoms with Gasteiger partial charge in [-0.15, -0.1) is 0 Å². The largest absolute Gasteiger partial charge is 0.154 e. The summed E-state index contributed by atoms with van der Waals surface area (Å²) in [5.74, 6) is 0. The van der Waals surface area contributed by atoms with Crippen LogP contribution < -0.4 is 0 Å². The molecule has 0 spiro atoms. The normalized spacial score (nSPS) is 0.800. The van der Waals surface area contributed by atoms with E-state index in [0.29, 0.717) is 0 Å². The van der Waals surface area contributed by atoms with E-state index in [4.69, 9.17) is 4.91 Å². The molecule has 2 nitrogen and oxygen atoms in total. The summed E-state index contributed by atoms with van der Waals surface area (Å²) >= 11 is 0. The van der Waals surface area contributed by atoms with Gasteiger partial charge < -0.3 is 0 Å². The van der Waals surface area contributed by atoms with Gasteiger partial charge >= 0.3 is 0 Å². The van der Waals surface area contributed by atoms with Gasteiger partial charge in [0, 0.05) is 29.8 Å². The monoisotopic (exact) mass is 100.0 g/mol. The van der Waals surface area contributed by atoms with Crippen molar-refractivity contribution in [1.82, 2.24) is 0 Å². The van der Waals surface area contributed by atoms with Crippen LogP contribution in [0.4, 0.5) is 0 Å². The second kappa shape index (κ2) is 100. The summed E-state index contributed by atoms with van der Waals surface area (Å²) in [5, 5.41) is 0. The zero-order valence-electron chi connectivity index (χ0n) is 3.12. The Kier molecular flexibility index (Phi) is 810. The molecule has 0 amide bonds.